The highest BCUT2D eigenvalue weighted by molar-refractivity contribution is 5.17. The van der Waals surface area contributed by atoms with Crippen LogP contribution in [0.5, 0.6) is 0 Å². The summed E-state index contributed by atoms with van der Waals surface area (Å²) in [5, 5.41) is 9.94. The minimum atomic E-state index is -0.369. The van der Waals surface area contributed by atoms with Gasteiger partial charge in [0.2, 0.25) is 0 Å². The fourth-order valence-electron chi connectivity index (χ4n) is 1.25. The largest absolute Gasteiger partial charge is 0.382 e. The molecule has 0 bridgehead atoms. The van der Waals surface area contributed by atoms with Gasteiger partial charge in [-0.25, -0.2) is 0 Å². The van der Waals surface area contributed by atoms with Gasteiger partial charge in [0.15, 0.2) is 0 Å². The van der Waals surface area contributed by atoms with Gasteiger partial charge in [0.1, 0.15) is 12.1 Å². The molecule has 0 aliphatic carbocycles. The molecule has 1 rings (SSSR count). The van der Waals surface area contributed by atoms with Crippen LogP contribution in [-0.2, 0) is 0 Å². The third-order valence-electron chi connectivity index (χ3n) is 2.53. The Morgan fingerprint density at radius 3 is 2.15 bits per heavy atom. The number of likely N-dealkylation sites (N-methyl/N-ethyl adjacent to an activating group) is 1. The molecule has 0 aromatic heterocycles. The molecule has 0 aliphatic heterocycles. The van der Waals surface area contributed by atoms with E-state index in [9.17, 15) is 5.11 Å². The van der Waals surface area contributed by atoms with Crippen molar-refractivity contribution in [3.05, 3.63) is 35.9 Å². The van der Waals surface area contributed by atoms with E-state index in [4.69, 9.17) is 0 Å². The van der Waals surface area contributed by atoms with Gasteiger partial charge in [-0.05, 0) is 12.5 Å². The van der Waals surface area contributed by atoms with E-state index >= 15 is 0 Å². The SMILES string of the molecule is CC([C@H](O)c1ccccc1)[NH+](C)C. The molecule has 1 aromatic carbocycles. The lowest BCUT2D eigenvalue weighted by Gasteiger charge is -2.22. The molecule has 0 spiro atoms. The predicted octanol–water partition coefficient (Wildman–Crippen LogP) is 0.253. The Kier molecular flexibility index (Phi) is 3.46. The molecule has 1 aromatic rings. The Morgan fingerprint density at radius 1 is 1.15 bits per heavy atom. The van der Waals surface area contributed by atoms with Gasteiger partial charge in [-0.1, -0.05) is 30.3 Å². The first-order valence-electron chi connectivity index (χ1n) is 4.66. The zero-order valence-electron chi connectivity index (χ0n) is 8.49. The number of rotatable bonds is 3. The molecule has 1 unspecified atom stereocenters. The summed E-state index contributed by atoms with van der Waals surface area (Å²) in [6, 6.07) is 10.0. The molecule has 2 heteroatoms. The standard InChI is InChI=1S/C11H17NO/c1-9(12(2)3)11(13)10-7-5-4-6-8-10/h4-9,11,13H,1-3H3/p+1/t9?,11-/m0/s1. The number of benzene rings is 1. The van der Waals surface area contributed by atoms with E-state index < -0.39 is 0 Å². The maximum Gasteiger partial charge on any atom is 0.130 e. The zero-order valence-corrected chi connectivity index (χ0v) is 8.49. The maximum absolute atomic E-state index is 9.94. The molecule has 0 amide bonds. The highest BCUT2D eigenvalue weighted by Crippen LogP contribution is 2.13. The lowest BCUT2D eigenvalue weighted by Crippen LogP contribution is -3.10. The molecule has 2 atom stereocenters. The zero-order chi connectivity index (χ0) is 9.84. The van der Waals surface area contributed by atoms with Crippen molar-refractivity contribution in [2.24, 2.45) is 0 Å². The van der Waals surface area contributed by atoms with Crippen molar-refractivity contribution in [3.8, 4) is 0 Å². The van der Waals surface area contributed by atoms with Crippen LogP contribution in [0.15, 0.2) is 30.3 Å². The van der Waals surface area contributed by atoms with Gasteiger partial charge < -0.3 is 10.0 Å². The molecule has 0 fully saturated rings. The summed E-state index contributed by atoms with van der Waals surface area (Å²) in [4.78, 5) is 1.26. The van der Waals surface area contributed by atoms with Crippen molar-refractivity contribution in [3.63, 3.8) is 0 Å². The number of hydrogen-bond donors (Lipinski definition) is 2. The molecular weight excluding hydrogens is 162 g/mol. The summed E-state index contributed by atoms with van der Waals surface area (Å²) in [5.74, 6) is 0. The number of aliphatic hydroxyl groups is 1. The monoisotopic (exact) mass is 180 g/mol. The summed E-state index contributed by atoms with van der Waals surface area (Å²) >= 11 is 0. The molecule has 2 nitrogen and oxygen atoms in total. The summed E-state index contributed by atoms with van der Waals surface area (Å²) in [5.41, 5.74) is 0.996. The van der Waals surface area contributed by atoms with Crippen LogP contribution in [0.2, 0.25) is 0 Å². The molecule has 0 saturated heterocycles. The number of aliphatic hydroxyl groups excluding tert-OH is 1. The van der Waals surface area contributed by atoms with Crippen LogP contribution in [0.3, 0.4) is 0 Å². The van der Waals surface area contributed by atoms with Crippen molar-refractivity contribution in [1.29, 1.82) is 0 Å². The van der Waals surface area contributed by atoms with Gasteiger partial charge >= 0.3 is 0 Å². The van der Waals surface area contributed by atoms with Crippen molar-refractivity contribution in [2.75, 3.05) is 14.1 Å². The fourth-order valence-corrected chi connectivity index (χ4v) is 1.25. The molecule has 72 valence electrons. The molecule has 0 saturated carbocycles. The van der Waals surface area contributed by atoms with Crippen LogP contribution in [0.25, 0.3) is 0 Å². The van der Waals surface area contributed by atoms with Gasteiger partial charge in [0, 0.05) is 0 Å². The third-order valence-corrected chi connectivity index (χ3v) is 2.53. The van der Waals surface area contributed by atoms with Gasteiger partial charge in [0.25, 0.3) is 0 Å². The highest BCUT2D eigenvalue weighted by atomic mass is 16.3. The summed E-state index contributed by atoms with van der Waals surface area (Å²) < 4.78 is 0. The average molecular weight is 180 g/mol. The second kappa shape index (κ2) is 4.40. The summed E-state index contributed by atoms with van der Waals surface area (Å²) in [7, 11) is 4.10. The quantitative estimate of drug-likeness (QED) is 0.685. The second-order valence-corrected chi connectivity index (χ2v) is 3.72. The van der Waals surface area contributed by atoms with Crippen molar-refractivity contribution < 1.29 is 10.0 Å². The van der Waals surface area contributed by atoms with E-state index in [1.165, 1.54) is 4.90 Å². The first kappa shape index (κ1) is 10.2. The number of nitrogens with one attached hydrogen (secondary N) is 1. The van der Waals surface area contributed by atoms with Crippen LogP contribution in [0.1, 0.15) is 18.6 Å². The van der Waals surface area contributed by atoms with Crippen LogP contribution >= 0.6 is 0 Å². The Balaban J connectivity index is 2.73. The Labute approximate surface area is 79.8 Å². The van der Waals surface area contributed by atoms with Crippen LogP contribution in [0, 0.1) is 0 Å². The molecule has 13 heavy (non-hydrogen) atoms. The van der Waals surface area contributed by atoms with E-state index in [1.54, 1.807) is 0 Å². The molecule has 0 aliphatic rings. The Bertz CT molecular complexity index is 246. The lowest BCUT2D eigenvalue weighted by atomic mass is 10.0. The fraction of sp³-hybridized carbons (Fsp3) is 0.455. The van der Waals surface area contributed by atoms with Gasteiger partial charge in [0.05, 0.1) is 14.1 Å². The minimum Gasteiger partial charge on any atom is -0.382 e. The first-order valence-corrected chi connectivity index (χ1v) is 4.66. The van der Waals surface area contributed by atoms with Gasteiger partial charge in [-0.3, -0.25) is 0 Å². The van der Waals surface area contributed by atoms with E-state index in [-0.39, 0.29) is 12.1 Å². The lowest BCUT2D eigenvalue weighted by molar-refractivity contribution is -0.888. The van der Waals surface area contributed by atoms with Crippen molar-refractivity contribution in [1.82, 2.24) is 0 Å². The third kappa shape index (κ3) is 2.54. The van der Waals surface area contributed by atoms with Crippen LogP contribution in [-0.4, -0.2) is 25.2 Å². The normalized spacial score (nSPS) is 15.8. The second-order valence-electron chi connectivity index (χ2n) is 3.72. The number of hydrogen-bond acceptors (Lipinski definition) is 1. The Morgan fingerprint density at radius 2 is 1.69 bits per heavy atom. The van der Waals surface area contributed by atoms with Crippen LogP contribution in [0.4, 0.5) is 0 Å². The minimum absolute atomic E-state index is 0.224. The van der Waals surface area contributed by atoms with E-state index in [1.807, 2.05) is 37.3 Å². The van der Waals surface area contributed by atoms with Gasteiger partial charge in [-0.2, -0.15) is 0 Å². The van der Waals surface area contributed by atoms with E-state index in [0.29, 0.717) is 0 Å². The van der Waals surface area contributed by atoms with E-state index in [0.717, 1.165) is 5.56 Å². The smallest absolute Gasteiger partial charge is 0.130 e. The van der Waals surface area contributed by atoms with Crippen molar-refractivity contribution in [2.45, 2.75) is 19.1 Å². The maximum atomic E-state index is 9.94. The molecule has 0 radical (unpaired) electrons. The topological polar surface area (TPSA) is 24.7 Å². The molecule has 0 heterocycles. The highest BCUT2D eigenvalue weighted by Gasteiger charge is 2.20. The first-order chi connectivity index (χ1) is 6.13. The van der Waals surface area contributed by atoms with Crippen molar-refractivity contribution >= 4 is 0 Å². The van der Waals surface area contributed by atoms with E-state index in [2.05, 4.69) is 14.1 Å². The summed E-state index contributed by atoms with van der Waals surface area (Å²) in [6.07, 6.45) is -0.369. The van der Waals surface area contributed by atoms with Gasteiger partial charge in [-0.15, -0.1) is 0 Å². The van der Waals surface area contributed by atoms with Crippen LogP contribution < -0.4 is 4.90 Å². The average Bonchev–Trinajstić information content (AvgIpc) is 2.17. The Hall–Kier alpha value is -0.860. The molecular formula is C11H18NO+. The predicted molar refractivity (Wildman–Crippen MR) is 53.7 cm³/mol. The molecule has 2 N–H and O–H groups in total. The number of quaternary nitrogens is 1. The summed E-state index contributed by atoms with van der Waals surface area (Å²) in [6.45, 7) is 2.05.